The molecule has 1 aromatic carbocycles. The monoisotopic (exact) mass is 338 g/mol. The SMILES string of the molecule is O=C(C1CC1c1ccc(Cl)c(Cl)c1)N1CCC2CCC(C1)N2. The van der Waals surface area contributed by atoms with E-state index < -0.39 is 0 Å². The Morgan fingerprint density at radius 2 is 1.95 bits per heavy atom. The highest BCUT2D eigenvalue weighted by Crippen LogP contribution is 2.49. The summed E-state index contributed by atoms with van der Waals surface area (Å²) in [5.41, 5.74) is 1.14. The second-order valence-corrected chi connectivity index (χ2v) is 7.65. The van der Waals surface area contributed by atoms with Crippen LogP contribution in [0.5, 0.6) is 0 Å². The third kappa shape index (κ3) is 2.75. The molecule has 1 N–H and O–H groups in total. The summed E-state index contributed by atoms with van der Waals surface area (Å²) < 4.78 is 0. The van der Waals surface area contributed by atoms with Crippen LogP contribution in [0.25, 0.3) is 0 Å². The van der Waals surface area contributed by atoms with Crippen molar-refractivity contribution in [3.8, 4) is 0 Å². The zero-order valence-electron chi connectivity index (χ0n) is 12.4. The van der Waals surface area contributed by atoms with Crippen LogP contribution in [0.4, 0.5) is 0 Å². The van der Waals surface area contributed by atoms with Gasteiger partial charge < -0.3 is 10.2 Å². The molecule has 4 rings (SSSR count). The summed E-state index contributed by atoms with van der Waals surface area (Å²) in [4.78, 5) is 14.8. The number of nitrogens with zero attached hydrogens (tertiary/aromatic N) is 1. The topological polar surface area (TPSA) is 32.3 Å². The number of hydrogen-bond donors (Lipinski definition) is 1. The minimum atomic E-state index is 0.133. The first-order valence-corrected chi connectivity index (χ1v) is 8.87. The van der Waals surface area contributed by atoms with Gasteiger partial charge in [0.25, 0.3) is 0 Å². The van der Waals surface area contributed by atoms with Crippen molar-refractivity contribution in [1.82, 2.24) is 10.2 Å². The van der Waals surface area contributed by atoms with Crippen molar-refractivity contribution < 1.29 is 4.79 Å². The van der Waals surface area contributed by atoms with E-state index >= 15 is 0 Å². The lowest BCUT2D eigenvalue weighted by atomic mass is 10.1. The average Bonchev–Trinajstić information content (AvgIpc) is 3.20. The molecule has 3 nitrogen and oxygen atoms in total. The first-order chi connectivity index (χ1) is 10.6. The molecule has 3 aliphatic rings. The van der Waals surface area contributed by atoms with Gasteiger partial charge in [0.1, 0.15) is 0 Å². The lowest BCUT2D eigenvalue weighted by Crippen LogP contribution is -2.40. The highest BCUT2D eigenvalue weighted by molar-refractivity contribution is 6.42. The third-order valence-electron chi connectivity index (χ3n) is 5.31. The van der Waals surface area contributed by atoms with Gasteiger partial charge >= 0.3 is 0 Å². The zero-order valence-corrected chi connectivity index (χ0v) is 13.9. The van der Waals surface area contributed by atoms with E-state index in [9.17, 15) is 4.79 Å². The van der Waals surface area contributed by atoms with Gasteiger partial charge in [-0.2, -0.15) is 0 Å². The maximum atomic E-state index is 12.8. The molecule has 2 bridgehead atoms. The number of benzene rings is 1. The van der Waals surface area contributed by atoms with E-state index in [0.29, 0.717) is 34.0 Å². The summed E-state index contributed by atoms with van der Waals surface area (Å²) in [6.07, 6.45) is 4.50. The molecule has 1 aliphatic carbocycles. The van der Waals surface area contributed by atoms with E-state index in [1.807, 2.05) is 18.2 Å². The Morgan fingerprint density at radius 3 is 2.77 bits per heavy atom. The maximum Gasteiger partial charge on any atom is 0.226 e. The quantitative estimate of drug-likeness (QED) is 0.895. The Bertz CT molecular complexity index is 606. The second kappa shape index (κ2) is 5.70. The average molecular weight is 339 g/mol. The van der Waals surface area contributed by atoms with Gasteiger partial charge in [-0.15, -0.1) is 0 Å². The minimum Gasteiger partial charge on any atom is -0.341 e. The van der Waals surface area contributed by atoms with Gasteiger partial charge in [-0.05, 0) is 49.3 Å². The van der Waals surface area contributed by atoms with Gasteiger partial charge in [0.15, 0.2) is 0 Å². The summed E-state index contributed by atoms with van der Waals surface area (Å²) in [5.74, 6) is 0.773. The van der Waals surface area contributed by atoms with Crippen LogP contribution in [0.3, 0.4) is 0 Å². The molecular weight excluding hydrogens is 319 g/mol. The third-order valence-corrected chi connectivity index (χ3v) is 6.05. The van der Waals surface area contributed by atoms with E-state index in [1.54, 1.807) is 0 Å². The van der Waals surface area contributed by atoms with Crippen molar-refractivity contribution in [3.63, 3.8) is 0 Å². The number of amides is 1. The van der Waals surface area contributed by atoms with Crippen LogP contribution in [0.1, 0.15) is 37.2 Å². The maximum absolute atomic E-state index is 12.8. The van der Waals surface area contributed by atoms with Crippen molar-refractivity contribution in [2.24, 2.45) is 5.92 Å². The molecule has 0 spiro atoms. The van der Waals surface area contributed by atoms with Crippen molar-refractivity contribution in [3.05, 3.63) is 33.8 Å². The first-order valence-electron chi connectivity index (χ1n) is 8.11. The smallest absolute Gasteiger partial charge is 0.226 e. The second-order valence-electron chi connectivity index (χ2n) is 6.83. The molecule has 1 saturated carbocycles. The Kier molecular flexibility index (Phi) is 3.83. The fraction of sp³-hybridized carbons (Fsp3) is 0.588. The molecule has 5 heteroatoms. The first kappa shape index (κ1) is 14.8. The molecule has 2 saturated heterocycles. The highest BCUT2D eigenvalue weighted by atomic mass is 35.5. The lowest BCUT2D eigenvalue weighted by Gasteiger charge is -2.24. The highest BCUT2D eigenvalue weighted by Gasteiger charge is 2.46. The van der Waals surface area contributed by atoms with Crippen molar-refractivity contribution in [2.75, 3.05) is 13.1 Å². The standard InChI is InChI=1S/C17H20Cl2N2O/c18-15-4-1-10(7-16(15)19)13-8-14(13)17(22)21-6-5-11-2-3-12(9-21)20-11/h1,4,7,11-14,20H,2-3,5-6,8-9H2. The van der Waals surface area contributed by atoms with Gasteiger partial charge in [-0.3, -0.25) is 4.79 Å². The van der Waals surface area contributed by atoms with E-state index in [-0.39, 0.29) is 5.92 Å². The van der Waals surface area contributed by atoms with Crippen LogP contribution in [0, 0.1) is 5.92 Å². The largest absolute Gasteiger partial charge is 0.341 e. The molecule has 3 fully saturated rings. The number of nitrogens with one attached hydrogen (secondary N) is 1. The van der Waals surface area contributed by atoms with Crippen LogP contribution in [-0.4, -0.2) is 36.0 Å². The van der Waals surface area contributed by atoms with E-state index in [1.165, 1.54) is 12.8 Å². The fourth-order valence-corrected chi connectivity index (χ4v) is 4.26. The number of carbonyl (C=O) groups excluding carboxylic acids is 1. The molecule has 1 amide bonds. The zero-order chi connectivity index (χ0) is 15.3. The van der Waals surface area contributed by atoms with Crippen LogP contribution in [0.15, 0.2) is 18.2 Å². The molecule has 22 heavy (non-hydrogen) atoms. The number of carbonyl (C=O) groups is 1. The Labute approximate surface area is 141 Å². The van der Waals surface area contributed by atoms with Crippen molar-refractivity contribution in [2.45, 2.75) is 43.7 Å². The number of halogens is 2. The van der Waals surface area contributed by atoms with E-state index in [0.717, 1.165) is 31.5 Å². The molecule has 118 valence electrons. The normalized spacial score (nSPS) is 33.6. The number of hydrogen-bond acceptors (Lipinski definition) is 2. The summed E-state index contributed by atoms with van der Waals surface area (Å²) in [5, 5.41) is 4.78. The predicted molar refractivity (Wildman–Crippen MR) is 88.5 cm³/mol. The summed E-state index contributed by atoms with van der Waals surface area (Å²) in [6.45, 7) is 1.78. The van der Waals surface area contributed by atoms with Crippen LogP contribution < -0.4 is 5.32 Å². The summed E-state index contributed by atoms with van der Waals surface area (Å²) >= 11 is 12.1. The van der Waals surface area contributed by atoms with Crippen molar-refractivity contribution in [1.29, 1.82) is 0 Å². The van der Waals surface area contributed by atoms with Crippen LogP contribution >= 0.6 is 23.2 Å². The van der Waals surface area contributed by atoms with E-state index in [2.05, 4.69) is 10.2 Å². The number of likely N-dealkylation sites (tertiary alicyclic amines) is 1. The Morgan fingerprint density at radius 1 is 1.14 bits per heavy atom. The predicted octanol–water partition coefficient (Wildman–Crippen LogP) is 3.45. The van der Waals surface area contributed by atoms with Gasteiger partial charge in [-0.25, -0.2) is 0 Å². The van der Waals surface area contributed by atoms with Gasteiger partial charge in [-0.1, -0.05) is 29.3 Å². The number of fused-ring (bicyclic) bond motifs is 2. The lowest BCUT2D eigenvalue weighted by molar-refractivity contribution is -0.132. The van der Waals surface area contributed by atoms with Crippen LogP contribution in [-0.2, 0) is 4.79 Å². The van der Waals surface area contributed by atoms with Gasteiger partial charge in [0.2, 0.25) is 5.91 Å². The summed E-state index contributed by atoms with van der Waals surface area (Å²) in [6, 6.07) is 6.85. The summed E-state index contributed by atoms with van der Waals surface area (Å²) in [7, 11) is 0. The molecule has 4 atom stereocenters. The van der Waals surface area contributed by atoms with Gasteiger partial charge in [0.05, 0.1) is 10.0 Å². The van der Waals surface area contributed by atoms with E-state index in [4.69, 9.17) is 23.2 Å². The van der Waals surface area contributed by atoms with Crippen LogP contribution in [0.2, 0.25) is 10.0 Å². The molecule has 2 heterocycles. The minimum absolute atomic E-state index is 0.133. The molecular formula is C17H20Cl2N2O. The molecule has 0 radical (unpaired) electrons. The van der Waals surface area contributed by atoms with Crippen molar-refractivity contribution >= 4 is 29.1 Å². The molecule has 1 aromatic rings. The molecule has 0 aromatic heterocycles. The Hall–Kier alpha value is -0.770. The molecule has 2 aliphatic heterocycles. The Balaban J connectivity index is 1.43. The number of rotatable bonds is 2. The van der Waals surface area contributed by atoms with Gasteiger partial charge in [0, 0.05) is 31.1 Å². The fourth-order valence-electron chi connectivity index (χ4n) is 3.96. The molecule has 4 unspecified atom stereocenters.